The van der Waals surface area contributed by atoms with Gasteiger partial charge in [-0.1, -0.05) is 24.3 Å². The molecule has 0 bridgehead atoms. The Kier molecular flexibility index (Phi) is 4.87. The number of fused-ring (bicyclic) bond motifs is 3. The molecule has 0 aliphatic carbocycles. The molecule has 29 heavy (non-hydrogen) atoms. The van der Waals surface area contributed by atoms with Crippen molar-refractivity contribution in [2.75, 3.05) is 12.4 Å². The van der Waals surface area contributed by atoms with E-state index < -0.39 is 11.9 Å². The van der Waals surface area contributed by atoms with Crippen molar-refractivity contribution in [3.8, 4) is 5.75 Å². The summed E-state index contributed by atoms with van der Waals surface area (Å²) in [5.74, 6) is -0.110. The number of hydrogen-bond donors (Lipinski definition) is 3. The molecule has 3 N–H and O–H groups in total. The van der Waals surface area contributed by atoms with E-state index in [-0.39, 0.29) is 11.6 Å². The number of anilines is 1. The van der Waals surface area contributed by atoms with Crippen molar-refractivity contribution < 1.29 is 14.3 Å². The molecule has 2 heterocycles. The summed E-state index contributed by atoms with van der Waals surface area (Å²) >= 11 is 0. The SMILES string of the molecule is COc1cccc(NC(=O)C(C)NC(=O)c2cc3c(cn2)[nH]c2ccccc23)c1. The van der Waals surface area contributed by atoms with E-state index in [0.29, 0.717) is 11.4 Å². The second-order valence-electron chi connectivity index (χ2n) is 6.70. The number of H-pyrrole nitrogens is 1. The molecule has 7 nitrogen and oxygen atoms in total. The van der Waals surface area contributed by atoms with Crippen LogP contribution in [0.1, 0.15) is 17.4 Å². The molecule has 2 aromatic carbocycles. The fourth-order valence-corrected chi connectivity index (χ4v) is 3.16. The van der Waals surface area contributed by atoms with E-state index in [4.69, 9.17) is 4.74 Å². The van der Waals surface area contributed by atoms with Gasteiger partial charge >= 0.3 is 0 Å². The number of hydrogen-bond acceptors (Lipinski definition) is 4. The molecule has 4 rings (SSSR count). The van der Waals surface area contributed by atoms with Crippen LogP contribution in [0.4, 0.5) is 5.69 Å². The number of aromatic nitrogens is 2. The molecule has 0 spiro atoms. The lowest BCUT2D eigenvalue weighted by Crippen LogP contribution is -2.41. The molecular formula is C22H20N4O3. The number of pyridine rings is 1. The first-order chi connectivity index (χ1) is 14.0. The fourth-order valence-electron chi connectivity index (χ4n) is 3.16. The highest BCUT2D eigenvalue weighted by molar-refractivity contribution is 6.09. The summed E-state index contributed by atoms with van der Waals surface area (Å²) in [6, 6.07) is 15.9. The quantitative estimate of drug-likeness (QED) is 0.488. The number of carbonyl (C=O) groups excluding carboxylic acids is 2. The minimum atomic E-state index is -0.742. The zero-order valence-corrected chi connectivity index (χ0v) is 16.0. The number of methoxy groups -OCH3 is 1. The molecule has 7 heteroatoms. The van der Waals surface area contributed by atoms with Crippen LogP contribution >= 0.6 is 0 Å². The van der Waals surface area contributed by atoms with Crippen molar-refractivity contribution in [3.63, 3.8) is 0 Å². The van der Waals surface area contributed by atoms with E-state index in [1.807, 2.05) is 24.3 Å². The Balaban J connectivity index is 1.49. The maximum Gasteiger partial charge on any atom is 0.270 e. The van der Waals surface area contributed by atoms with Crippen LogP contribution in [0.3, 0.4) is 0 Å². The molecule has 2 aromatic heterocycles. The molecule has 146 valence electrons. The predicted octanol–water partition coefficient (Wildman–Crippen LogP) is 3.48. The molecule has 4 aromatic rings. The molecule has 1 unspecified atom stereocenters. The van der Waals surface area contributed by atoms with Crippen LogP contribution in [-0.2, 0) is 4.79 Å². The van der Waals surface area contributed by atoms with Gasteiger partial charge in [-0.3, -0.25) is 9.59 Å². The zero-order valence-electron chi connectivity index (χ0n) is 16.0. The van der Waals surface area contributed by atoms with Gasteiger partial charge in [-0.05, 0) is 31.2 Å². The zero-order chi connectivity index (χ0) is 20.4. The topological polar surface area (TPSA) is 96.1 Å². The van der Waals surface area contributed by atoms with E-state index in [1.54, 1.807) is 50.6 Å². The molecule has 1 atom stereocenters. The average Bonchev–Trinajstić information content (AvgIpc) is 3.11. The van der Waals surface area contributed by atoms with Crippen molar-refractivity contribution in [1.29, 1.82) is 0 Å². The monoisotopic (exact) mass is 388 g/mol. The molecule has 0 saturated heterocycles. The normalized spacial score (nSPS) is 11.9. The number of nitrogens with zero attached hydrogens (tertiary/aromatic N) is 1. The van der Waals surface area contributed by atoms with E-state index in [1.165, 1.54) is 0 Å². The number of nitrogens with one attached hydrogen (secondary N) is 3. The van der Waals surface area contributed by atoms with Gasteiger partial charge in [-0.25, -0.2) is 4.98 Å². The Morgan fingerprint density at radius 2 is 1.86 bits per heavy atom. The Hall–Kier alpha value is -3.87. The van der Waals surface area contributed by atoms with Crippen molar-refractivity contribution >= 4 is 39.3 Å². The van der Waals surface area contributed by atoms with Crippen LogP contribution in [0, 0.1) is 0 Å². The van der Waals surface area contributed by atoms with Crippen LogP contribution in [0.25, 0.3) is 21.8 Å². The van der Waals surface area contributed by atoms with Gasteiger partial charge in [0.25, 0.3) is 5.91 Å². The summed E-state index contributed by atoms with van der Waals surface area (Å²) < 4.78 is 5.15. The van der Waals surface area contributed by atoms with Crippen LogP contribution in [0.15, 0.2) is 60.8 Å². The Bertz CT molecular complexity index is 1220. The first-order valence-corrected chi connectivity index (χ1v) is 9.17. The Labute approximate surface area is 167 Å². The molecule has 0 aliphatic rings. The minimum absolute atomic E-state index is 0.253. The van der Waals surface area contributed by atoms with Crippen molar-refractivity contribution in [1.82, 2.24) is 15.3 Å². The van der Waals surface area contributed by atoms with Gasteiger partial charge in [-0.15, -0.1) is 0 Å². The van der Waals surface area contributed by atoms with Gasteiger partial charge < -0.3 is 20.4 Å². The lowest BCUT2D eigenvalue weighted by atomic mass is 10.1. The summed E-state index contributed by atoms with van der Waals surface area (Å²) in [5, 5.41) is 7.39. The summed E-state index contributed by atoms with van der Waals surface area (Å²) in [6.45, 7) is 1.62. The summed E-state index contributed by atoms with van der Waals surface area (Å²) in [5.41, 5.74) is 2.68. The molecule has 2 amide bonds. The average molecular weight is 388 g/mol. The summed E-state index contributed by atoms with van der Waals surface area (Å²) in [6.07, 6.45) is 1.63. The van der Waals surface area contributed by atoms with Gasteiger partial charge in [0.05, 0.1) is 18.8 Å². The van der Waals surface area contributed by atoms with Crippen LogP contribution in [0.5, 0.6) is 5.75 Å². The smallest absolute Gasteiger partial charge is 0.270 e. The van der Waals surface area contributed by atoms with Crippen LogP contribution in [-0.4, -0.2) is 34.9 Å². The second-order valence-corrected chi connectivity index (χ2v) is 6.70. The largest absolute Gasteiger partial charge is 0.497 e. The number of rotatable bonds is 5. The number of aromatic amines is 1. The summed E-state index contributed by atoms with van der Waals surface area (Å²) in [7, 11) is 1.56. The molecule has 0 fully saturated rings. The van der Waals surface area contributed by atoms with E-state index >= 15 is 0 Å². The third-order valence-corrected chi connectivity index (χ3v) is 4.70. The number of benzene rings is 2. The van der Waals surface area contributed by atoms with Crippen LogP contribution in [0.2, 0.25) is 0 Å². The van der Waals surface area contributed by atoms with Gasteiger partial charge in [0.1, 0.15) is 17.5 Å². The standard InChI is InChI=1S/C22H20N4O3/c1-13(21(27)25-14-6-5-7-15(10-14)29-2)24-22(28)19-11-17-16-8-3-4-9-18(16)26-20(17)12-23-19/h3-13,26H,1-2H3,(H,24,28)(H,25,27). The second kappa shape index (κ2) is 7.63. The van der Waals surface area contributed by atoms with Gasteiger partial charge in [0.15, 0.2) is 0 Å². The third-order valence-electron chi connectivity index (χ3n) is 4.70. The maximum atomic E-state index is 12.6. The minimum Gasteiger partial charge on any atom is -0.497 e. The van der Waals surface area contributed by atoms with E-state index in [9.17, 15) is 9.59 Å². The molecular weight excluding hydrogens is 368 g/mol. The van der Waals surface area contributed by atoms with Crippen LogP contribution < -0.4 is 15.4 Å². The maximum absolute atomic E-state index is 12.6. The van der Waals surface area contributed by atoms with Crippen molar-refractivity contribution in [3.05, 3.63) is 66.5 Å². The third kappa shape index (κ3) is 3.75. The highest BCUT2D eigenvalue weighted by Gasteiger charge is 2.18. The fraction of sp³-hybridized carbons (Fsp3) is 0.136. The van der Waals surface area contributed by atoms with Crippen molar-refractivity contribution in [2.45, 2.75) is 13.0 Å². The highest BCUT2D eigenvalue weighted by atomic mass is 16.5. The molecule has 0 radical (unpaired) electrons. The van der Waals surface area contributed by atoms with E-state index in [0.717, 1.165) is 21.8 Å². The van der Waals surface area contributed by atoms with Gasteiger partial charge in [-0.2, -0.15) is 0 Å². The van der Waals surface area contributed by atoms with Crippen molar-refractivity contribution in [2.24, 2.45) is 0 Å². The number of amides is 2. The summed E-state index contributed by atoms with van der Waals surface area (Å²) in [4.78, 5) is 32.6. The number of para-hydroxylation sites is 1. The lowest BCUT2D eigenvalue weighted by Gasteiger charge is -2.14. The predicted molar refractivity (Wildman–Crippen MR) is 112 cm³/mol. The van der Waals surface area contributed by atoms with Gasteiger partial charge in [0, 0.05) is 28.0 Å². The Morgan fingerprint density at radius 3 is 2.69 bits per heavy atom. The highest BCUT2D eigenvalue weighted by Crippen LogP contribution is 2.25. The number of carbonyl (C=O) groups is 2. The first kappa shape index (κ1) is 18.5. The molecule has 0 saturated carbocycles. The van der Waals surface area contributed by atoms with Gasteiger partial charge in [0.2, 0.25) is 5.91 Å². The lowest BCUT2D eigenvalue weighted by molar-refractivity contribution is -0.117. The Morgan fingerprint density at radius 1 is 1.03 bits per heavy atom. The molecule has 0 aliphatic heterocycles. The number of ether oxygens (including phenoxy) is 1. The first-order valence-electron chi connectivity index (χ1n) is 9.17. The van der Waals surface area contributed by atoms with E-state index in [2.05, 4.69) is 20.6 Å².